The SMILES string of the molecule is O=C1OCCC=C[C@@H]2O[C@]34C=CCN(CCN5CCOCC5)C(=O)C3N(CCCCCO)C(=O)[C@@H]4[C@H]12. The normalized spacial score (nSPS) is 34.6. The number of nitrogens with zero attached hydrogens (tertiary/aromatic N) is 3. The summed E-state index contributed by atoms with van der Waals surface area (Å²) in [7, 11) is 0. The Morgan fingerprint density at radius 3 is 2.61 bits per heavy atom. The van der Waals surface area contributed by atoms with Gasteiger partial charge < -0.3 is 29.1 Å². The summed E-state index contributed by atoms with van der Waals surface area (Å²) in [5.41, 5.74) is -1.21. The van der Waals surface area contributed by atoms with Crippen molar-refractivity contribution >= 4 is 17.8 Å². The van der Waals surface area contributed by atoms with Crippen molar-refractivity contribution in [2.24, 2.45) is 11.8 Å². The second-order valence-corrected chi connectivity index (χ2v) is 10.2. The van der Waals surface area contributed by atoms with Gasteiger partial charge in [0.05, 0.1) is 31.8 Å². The van der Waals surface area contributed by atoms with Crippen molar-refractivity contribution in [1.29, 1.82) is 0 Å². The molecule has 0 saturated carbocycles. The van der Waals surface area contributed by atoms with Crippen LogP contribution in [0, 0.1) is 11.8 Å². The van der Waals surface area contributed by atoms with Crippen LogP contribution in [0.15, 0.2) is 24.3 Å². The van der Waals surface area contributed by atoms with Crippen LogP contribution in [-0.4, -0.2) is 121 Å². The molecule has 5 aliphatic rings. The van der Waals surface area contributed by atoms with Crippen LogP contribution in [0.3, 0.4) is 0 Å². The highest BCUT2D eigenvalue weighted by Crippen LogP contribution is 2.53. The van der Waals surface area contributed by atoms with Gasteiger partial charge in [0, 0.05) is 45.9 Å². The quantitative estimate of drug-likeness (QED) is 0.279. The molecule has 0 aromatic carbocycles. The Labute approximate surface area is 211 Å². The Hall–Kier alpha value is -2.27. The van der Waals surface area contributed by atoms with Crippen molar-refractivity contribution in [3.05, 3.63) is 24.3 Å². The maximum Gasteiger partial charge on any atom is 0.312 e. The number of ether oxygens (including phenoxy) is 3. The highest BCUT2D eigenvalue weighted by Gasteiger charge is 2.71. The summed E-state index contributed by atoms with van der Waals surface area (Å²) in [5, 5.41) is 9.18. The number of likely N-dealkylation sites (tertiary alicyclic amines) is 1. The Balaban J connectivity index is 1.43. The predicted molar refractivity (Wildman–Crippen MR) is 129 cm³/mol. The van der Waals surface area contributed by atoms with Crippen LogP contribution < -0.4 is 0 Å². The van der Waals surface area contributed by atoms with E-state index in [0.717, 1.165) is 26.1 Å². The number of carbonyl (C=O) groups is 3. The summed E-state index contributed by atoms with van der Waals surface area (Å²) in [5.74, 6) is -2.39. The van der Waals surface area contributed by atoms with Gasteiger partial charge in [-0.15, -0.1) is 0 Å². The summed E-state index contributed by atoms with van der Waals surface area (Å²) in [4.78, 5) is 46.8. The van der Waals surface area contributed by atoms with Crippen LogP contribution in [0.4, 0.5) is 0 Å². The van der Waals surface area contributed by atoms with Crippen LogP contribution in [0.5, 0.6) is 0 Å². The molecule has 198 valence electrons. The lowest BCUT2D eigenvalue weighted by molar-refractivity contribution is -0.155. The number of rotatable bonds is 8. The lowest BCUT2D eigenvalue weighted by Crippen LogP contribution is -2.56. The number of unbranched alkanes of at least 4 members (excludes halogenated alkanes) is 2. The van der Waals surface area contributed by atoms with Crippen molar-refractivity contribution in [2.45, 2.75) is 43.4 Å². The zero-order valence-corrected chi connectivity index (χ0v) is 20.8. The Bertz CT molecular complexity index is 902. The smallest absolute Gasteiger partial charge is 0.312 e. The third kappa shape index (κ3) is 4.60. The van der Waals surface area contributed by atoms with Crippen LogP contribution in [0.2, 0.25) is 0 Å². The van der Waals surface area contributed by atoms with Crippen LogP contribution in [0.1, 0.15) is 25.7 Å². The van der Waals surface area contributed by atoms with E-state index in [0.29, 0.717) is 52.1 Å². The number of hydrogen-bond acceptors (Lipinski definition) is 8. The average Bonchev–Trinajstić information content (AvgIpc) is 3.25. The molecule has 1 unspecified atom stereocenters. The lowest BCUT2D eigenvalue weighted by Gasteiger charge is -2.36. The van der Waals surface area contributed by atoms with Gasteiger partial charge in [-0.05, 0) is 25.7 Å². The lowest BCUT2D eigenvalue weighted by atomic mass is 9.77. The van der Waals surface area contributed by atoms with Crippen molar-refractivity contribution in [1.82, 2.24) is 14.7 Å². The minimum Gasteiger partial charge on any atom is -0.465 e. The van der Waals surface area contributed by atoms with Crippen molar-refractivity contribution < 1.29 is 33.7 Å². The summed E-state index contributed by atoms with van der Waals surface area (Å²) in [6, 6.07) is -0.831. The molecule has 5 rings (SSSR count). The molecule has 0 aromatic heterocycles. The van der Waals surface area contributed by atoms with Crippen molar-refractivity contribution in [3.8, 4) is 0 Å². The highest BCUT2D eigenvalue weighted by atomic mass is 16.6. The fourth-order valence-corrected chi connectivity index (χ4v) is 6.25. The van der Waals surface area contributed by atoms with Gasteiger partial charge in [0.1, 0.15) is 17.6 Å². The number of esters is 1. The van der Waals surface area contributed by atoms with E-state index in [2.05, 4.69) is 4.90 Å². The fraction of sp³-hybridized carbons (Fsp3) is 0.731. The first-order valence-electron chi connectivity index (χ1n) is 13.3. The molecule has 5 atom stereocenters. The Morgan fingerprint density at radius 2 is 1.81 bits per heavy atom. The number of cyclic esters (lactones) is 1. The molecule has 5 heterocycles. The monoisotopic (exact) mass is 503 g/mol. The largest absolute Gasteiger partial charge is 0.465 e. The van der Waals surface area contributed by atoms with E-state index in [-0.39, 0.29) is 25.0 Å². The number of amides is 2. The van der Waals surface area contributed by atoms with Gasteiger partial charge >= 0.3 is 5.97 Å². The maximum atomic E-state index is 14.1. The van der Waals surface area contributed by atoms with Gasteiger partial charge in [-0.2, -0.15) is 0 Å². The first-order chi connectivity index (χ1) is 17.6. The molecule has 0 aliphatic carbocycles. The van der Waals surface area contributed by atoms with E-state index in [1.54, 1.807) is 9.80 Å². The summed E-state index contributed by atoms with van der Waals surface area (Å²) in [6.45, 7) is 5.50. The summed E-state index contributed by atoms with van der Waals surface area (Å²) < 4.78 is 17.5. The number of morpholine rings is 1. The molecule has 1 spiro atoms. The van der Waals surface area contributed by atoms with E-state index in [4.69, 9.17) is 14.2 Å². The van der Waals surface area contributed by atoms with Crippen molar-refractivity contribution in [3.63, 3.8) is 0 Å². The fourth-order valence-electron chi connectivity index (χ4n) is 6.25. The zero-order valence-electron chi connectivity index (χ0n) is 20.8. The minimum absolute atomic E-state index is 0.0893. The Morgan fingerprint density at radius 1 is 0.972 bits per heavy atom. The number of hydrogen-bond donors (Lipinski definition) is 1. The molecule has 3 fully saturated rings. The van der Waals surface area contributed by atoms with Crippen LogP contribution >= 0.6 is 0 Å². The number of aliphatic hydroxyl groups excluding tert-OH is 1. The maximum absolute atomic E-state index is 14.1. The molecule has 2 amide bonds. The second kappa shape index (κ2) is 11.0. The van der Waals surface area contributed by atoms with E-state index in [1.807, 2.05) is 24.3 Å². The summed E-state index contributed by atoms with van der Waals surface area (Å²) >= 11 is 0. The molecule has 5 aliphatic heterocycles. The molecular weight excluding hydrogens is 466 g/mol. The molecule has 0 bridgehead atoms. The average molecular weight is 504 g/mol. The Kier molecular flexibility index (Phi) is 7.76. The van der Waals surface area contributed by atoms with Crippen LogP contribution in [0.25, 0.3) is 0 Å². The topological polar surface area (TPSA) is 109 Å². The standard InChI is InChI=1S/C26H37N3O7/c30-15-4-1-3-10-29-22-24(32)28(12-11-27-13-17-34-18-14-27)9-6-8-26(22)21(23(29)31)20-19(36-26)7-2-5-16-35-25(20)33/h2,6-8,19-22,30H,1,3-5,9-18H2/t19-,20+,21-,22?,26-/m0/s1. The van der Waals surface area contributed by atoms with Gasteiger partial charge in [-0.25, -0.2) is 0 Å². The first-order valence-corrected chi connectivity index (χ1v) is 13.3. The van der Waals surface area contributed by atoms with Crippen LogP contribution in [-0.2, 0) is 28.6 Å². The van der Waals surface area contributed by atoms with Gasteiger partial charge in [0.15, 0.2) is 0 Å². The van der Waals surface area contributed by atoms with Crippen molar-refractivity contribution in [2.75, 3.05) is 65.7 Å². The highest BCUT2D eigenvalue weighted by molar-refractivity contribution is 5.99. The first kappa shape index (κ1) is 25.4. The third-order valence-electron chi connectivity index (χ3n) is 8.05. The summed E-state index contributed by atoms with van der Waals surface area (Å²) in [6.07, 6.45) is 9.59. The molecular formula is C26H37N3O7. The van der Waals surface area contributed by atoms with E-state index in [9.17, 15) is 19.5 Å². The number of aliphatic hydroxyl groups is 1. The molecule has 10 nitrogen and oxygen atoms in total. The number of fused-ring (bicyclic) bond motifs is 2. The molecule has 1 N–H and O–H groups in total. The molecule has 0 aromatic rings. The second-order valence-electron chi connectivity index (χ2n) is 10.2. The van der Waals surface area contributed by atoms with E-state index in [1.165, 1.54) is 0 Å². The van der Waals surface area contributed by atoms with E-state index < -0.39 is 35.6 Å². The molecule has 36 heavy (non-hydrogen) atoms. The van der Waals surface area contributed by atoms with Gasteiger partial charge in [-0.3, -0.25) is 19.3 Å². The van der Waals surface area contributed by atoms with Gasteiger partial charge in [-0.1, -0.05) is 24.3 Å². The third-order valence-corrected chi connectivity index (χ3v) is 8.05. The zero-order chi connectivity index (χ0) is 25.1. The number of carbonyl (C=O) groups excluding carboxylic acids is 3. The van der Waals surface area contributed by atoms with E-state index >= 15 is 0 Å². The molecule has 0 radical (unpaired) electrons. The minimum atomic E-state index is -1.21. The van der Waals surface area contributed by atoms with Gasteiger partial charge in [0.2, 0.25) is 11.8 Å². The molecule has 3 saturated heterocycles. The molecule has 10 heteroatoms. The predicted octanol–water partition coefficient (Wildman–Crippen LogP) is -0.0365. The van der Waals surface area contributed by atoms with Gasteiger partial charge in [0.25, 0.3) is 0 Å².